The maximum Gasteiger partial charge on any atom is 0.239 e. The summed E-state index contributed by atoms with van der Waals surface area (Å²) < 4.78 is 0. The molecule has 0 aromatic heterocycles. The lowest BCUT2D eigenvalue weighted by atomic mass is 9.94. The first-order valence-electron chi connectivity index (χ1n) is 9.49. The van der Waals surface area contributed by atoms with Crippen molar-refractivity contribution in [1.82, 2.24) is 9.80 Å². The molecule has 26 heavy (non-hydrogen) atoms. The summed E-state index contributed by atoms with van der Waals surface area (Å²) in [6.07, 6.45) is 5.37. The summed E-state index contributed by atoms with van der Waals surface area (Å²) in [5.74, 6) is 0.863. The number of carbonyl (C=O) groups excluding carboxylic acids is 2. The molecule has 1 aromatic rings. The van der Waals surface area contributed by atoms with E-state index in [1.807, 2.05) is 40.1 Å². The molecule has 0 bridgehead atoms. The SMILES string of the molecule is Cl.NC(Cc1ccccc1)C(=O)N1CCC(CN2CCCCC2=O)CC1. The number of hydrogen-bond donors (Lipinski definition) is 1. The first-order chi connectivity index (χ1) is 12.1. The van der Waals surface area contributed by atoms with Crippen molar-refractivity contribution < 1.29 is 9.59 Å². The normalized spacial score (nSPS) is 19.8. The van der Waals surface area contributed by atoms with Gasteiger partial charge in [-0.25, -0.2) is 0 Å². The molecule has 5 nitrogen and oxygen atoms in total. The zero-order chi connectivity index (χ0) is 17.6. The molecule has 2 heterocycles. The van der Waals surface area contributed by atoms with Crippen molar-refractivity contribution in [2.45, 2.75) is 44.6 Å². The van der Waals surface area contributed by atoms with Gasteiger partial charge in [0.1, 0.15) is 0 Å². The van der Waals surface area contributed by atoms with Crippen molar-refractivity contribution in [2.24, 2.45) is 11.7 Å². The number of halogens is 1. The Bertz CT molecular complexity index is 588. The lowest BCUT2D eigenvalue weighted by Crippen LogP contribution is -2.49. The van der Waals surface area contributed by atoms with Crippen LogP contribution in [0.2, 0.25) is 0 Å². The number of amides is 2. The molecule has 2 saturated heterocycles. The Morgan fingerprint density at radius 3 is 2.46 bits per heavy atom. The molecule has 2 amide bonds. The largest absolute Gasteiger partial charge is 0.342 e. The predicted octanol–water partition coefficient (Wildman–Crippen LogP) is 2.23. The van der Waals surface area contributed by atoms with Crippen LogP contribution in [0.1, 0.15) is 37.7 Å². The second-order valence-electron chi connectivity index (χ2n) is 7.36. The molecule has 3 rings (SSSR count). The van der Waals surface area contributed by atoms with Crippen LogP contribution >= 0.6 is 12.4 Å². The van der Waals surface area contributed by atoms with E-state index in [1.165, 1.54) is 0 Å². The molecular formula is C20H30ClN3O2. The second-order valence-corrected chi connectivity index (χ2v) is 7.36. The summed E-state index contributed by atoms with van der Waals surface area (Å²) in [6.45, 7) is 3.28. The summed E-state index contributed by atoms with van der Waals surface area (Å²) in [5, 5.41) is 0. The molecule has 1 unspecified atom stereocenters. The average molecular weight is 380 g/mol. The number of likely N-dealkylation sites (tertiary alicyclic amines) is 2. The summed E-state index contributed by atoms with van der Waals surface area (Å²) in [5.41, 5.74) is 7.24. The van der Waals surface area contributed by atoms with Crippen LogP contribution in [-0.4, -0.2) is 53.8 Å². The zero-order valence-electron chi connectivity index (χ0n) is 15.3. The minimum Gasteiger partial charge on any atom is -0.342 e. The van der Waals surface area contributed by atoms with E-state index in [4.69, 9.17) is 5.73 Å². The van der Waals surface area contributed by atoms with E-state index >= 15 is 0 Å². The lowest BCUT2D eigenvalue weighted by Gasteiger charge is -2.37. The van der Waals surface area contributed by atoms with Gasteiger partial charge in [-0.1, -0.05) is 30.3 Å². The summed E-state index contributed by atoms with van der Waals surface area (Å²) in [6, 6.07) is 9.46. The third-order valence-corrected chi connectivity index (χ3v) is 5.44. The molecule has 2 aliphatic heterocycles. The number of nitrogens with two attached hydrogens (primary N) is 1. The standard InChI is InChI=1S/C20H29N3O2.ClH/c21-18(14-16-6-2-1-3-7-16)20(25)22-12-9-17(10-13-22)15-23-11-5-4-8-19(23)24;/h1-3,6-7,17-18H,4-5,8-15,21H2;1H. The first-order valence-corrected chi connectivity index (χ1v) is 9.49. The van der Waals surface area contributed by atoms with Crippen molar-refractivity contribution in [1.29, 1.82) is 0 Å². The second kappa shape index (κ2) is 9.93. The predicted molar refractivity (Wildman–Crippen MR) is 105 cm³/mol. The van der Waals surface area contributed by atoms with Crippen LogP contribution in [0.4, 0.5) is 0 Å². The van der Waals surface area contributed by atoms with Crippen molar-refractivity contribution >= 4 is 24.2 Å². The highest BCUT2D eigenvalue weighted by atomic mass is 35.5. The maximum atomic E-state index is 12.6. The van der Waals surface area contributed by atoms with Crippen LogP contribution in [0.25, 0.3) is 0 Å². The Kier molecular flexibility index (Phi) is 7.91. The van der Waals surface area contributed by atoms with Gasteiger partial charge >= 0.3 is 0 Å². The number of rotatable bonds is 5. The van der Waals surface area contributed by atoms with Crippen molar-refractivity contribution in [3.05, 3.63) is 35.9 Å². The van der Waals surface area contributed by atoms with E-state index in [0.717, 1.165) is 57.4 Å². The molecule has 1 atom stereocenters. The van der Waals surface area contributed by atoms with Gasteiger partial charge in [-0.3, -0.25) is 9.59 Å². The molecule has 144 valence electrons. The highest BCUT2D eigenvalue weighted by molar-refractivity contribution is 5.85. The van der Waals surface area contributed by atoms with Crippen molar-refractivity contribution in [3.8, 4) is 0 Å². The van der Waals surface area contributed by atoms with Crippen LogP contribution in [0.15, 0.2) is 30.3 Å². The highest BCUT2D eigenvalue weighted by Gasteiger charge is 2.28. The van der Waals surface area contributed by atoms with Crippen molar-refractivity contribution in [3.63, 3.8) is 0 Å². The van der Waals surface area contributed by atoms with Gasteiger partial charge in [0.15, 0.2) is 0 Å². The maximum absolute atomic E-state index is 12.6. The summed E-state index contributed by atoms with van der Waals surface area (Å²) in [4.78, 5) is 28.5. The van der Waals surface area contributed by atoms with E-state index in [2.05, 4.69) is 0 Å². The van der Waals surface area contributed by atoms with Crippen LogP contribution in [0, 0.1) is 5.92 Å². The van der Waals surface area contributed by atoms with E-state index in [-0.39, 0.29) is 18.3 Å². The van der Waals surface area contributed by atoms with Crippen LogP contribution < -0.4 is 5.73 Å². The molecule has 1 aromatic carbocycles. The topological polar surface area (TPSA) is 66.6 Å². The number of hydrogen-bond acceptors (Lipinski definition) is 3. The fourth-order valence-corrected chi connectivity index (χ4v) is 3.89. The number of nitrogens with zero attached hydrogens (tertiary/aromatic N) is 2. The van der Waals surface area contributed by atoms with E-state index in [0.29, 0.717) is 24.7 Å². The smallest absolute Gasteiger partial charge is 0.239 e. The van der Waals surface area contributed by atoms with Gasteiger partial charge in [0.2, 0.25) is 11.8 Å². The van der Waals surface area contributed by atoms with Crippen molar-refractivity contribution in [2.75, 3.05) is 26.2 Å². The van der Waals surface area contributed by atoms with Gasteiger partial charge in [-0.15, -0.1) is 12.4 Å². The van der Waals surface area contributed by atoms with E-state index in [9.17, 15) is 9.59 Å². The molecule has 2 aliphatic rings. The highest BCUT2D eigenvalue weighted by Crippen LogP contribution is 2.21. The Hall–Kier alpha value is -1.59. The van der Waals surface area contributed by atoms with Gasteiger partial charge in [0.05, 0.1) is 6.04 Å². The summed E-state index contributed by atoms with van der Waals surface area (Å²) >= 11 is 0. The van der Waals surface area contributed by atoms with Crippen LogP contribution in [0.5, 0.6) is 0 Å². The Morgan fingerprint density at radius 2 is 1.81 bits per heavy atom. The van der Waals surface area contributed by atoms with Gasteiger partial charge in [-0.2, -0.15) is 0 Å². The van der Waals surface area contributed by atoms with Crippen LogP contribution in [-0.2, 0) is 16.0 Å². The first kappa shape index (κ1) is 20.7. The van der Waals surface area contributed by atoms with Crippen LogP contribution in [0.3, 0.4) is 0 Å². The van der Waals surface area contributed by atoms with Gasteiger partial charge in [0.25, 0.3) is 0 Å². The monoisotopic (exact) mass is 379 g/mol. The third kappa shape index (κ3) is 5.45. The molecule has 0 radical (unpaired) electrons. The number of benzene rings is 1. The fraction of sp³-hybridized carbons (Fsp3) is 0.600. The number of carbonyl (C=O) groups is 2. The minimum atomic E-state index is -0.470. The molecule has 6 heteroatoms. The number of piperidine rings is 2. The quantitative estimate of drug-likeness (QED) is 0.853. The third-order valence-electron chi connectivity index (χ3n) is 5.44. The average Bonchev–Trinajstić information content (AvgIpc) is 2.64. The lowest BCUT2D eigenvalue weighted by molar-refractivity contribution is -0.136. The van der Waals surface area contributed by atoms with Gasteiger partial charge in [-0.05, 0) is 43.6 Å². The van der Waals surface area contributed by atoms with Gasteiger partial charge < -0.3 is 15.5 Å². The van der Waals surface area contributed by atoms with Gasteiger partial charge in [0, 0.05) is 32.6 Å². The molecule has 0 aliphatic carbocycles. The Labute approximate surface area is 162 Å². The molecular weight excluding hydrogens is 350 g/mol. The molecule has 0 saturated carbocycles. The Morgan fingerprint density at radius 1 is 1.12 bits per heavy atom. The molecule has 2 fully saturated rings. The fourth-order valence-electron chi connectivity index (χ4n) is 3.89. The Balaban J connectivity index is 0.00000243. The minimum absolute atomic E-state index is 0. The zero-order valence-corrected chi connectivity index (χ0v) is 16.1. The summed E-state index contributed by atoms with van der Waals surface area (Å²) in [7, 11) is 0. The molecule has 0 spiro atoms. The molecule has 2 N–H and O–H groups in total. The van der Waals surface area contributed by atoms with E-state index < -0.39 is 6.04 Å². The van der Waals surface area contributed by atoms with E-state index in [1.54, 1.807) is 0 Å².